The van der Waals surface area contributed by atoms with E-state index in [1.165, 1.54) is 30.3 Å². The summed E-state index contributed by atoms with van der Waals surface area (Å²) in [7, 11) is -3.73. The Labute approximate surface area is 242 Å². The summed E-state index contributed by atoms with van der Waals surface area (Å²) < 4.78 is 86.6. The average molecular weight is 609 g/mol. The van der Waals surface area contributed by atoms with Gasteiger partial charge in [-0.25, -0.2) is 12.8 Å². The van der Waals surface area contributed by atoms with Crippen molar-refractivity contribution in [1.29, 1.82) is 0 Å². The molecule has 1 aliphatic rings. The minimum atomic E-state index is -4.54. The molecule has 1 saturated carbocycles. The number of hydrogen-bond acceptors (Lipinski definition) is 5. The standard InChI is InChI=1S/C30H32F4N2O5S/c1-42(39,40)36-26-15-13-20(16-25(26)31)21(18-35-29(38)24-8-4-5-9-27(24)37)11-10-19-12-14-22(30(32,33)34)17-28(19)41-23-6-2-3-7-23/h4-5,8-9,12-17,21,23,36-37H,2-3,6-7,10-11,18H2,1H3,(H,35,38). The lowest BCUT2D eigenvalue weighted by Crippen LogP contribution is -2.29. The minimum Gasteiger partial charge on any atom is -0.507 e. The Balaban J connectivity index is 1.60. The van der Waals surface area contributed by atoms with E-state index in [4.69, 9.17) is 4.74 Å². The van der Waals surface area contributed by atoms with Gasteiger partial charge in [-0.05, 0) is 86.1 Å². The van der Waals surface area contributed by atoms with E-state index in [0.717, 1.165) is 50.1 Å². The van der Waals surface area contributed by atoms with E-state index in [1.807, 2.05) is 0 Å². The summed E-state index contributed by atoms with van der Waals surface area (Å²) in [5, 5.41) is 12.8. The molecule has 3 aromatic rings. The maximum Gasteiger partial charge on any atom is 0.416 e. The second-order valence-electron chi connectivity index (χ2n) is 10.4. The third-order valence-electron chi connectivity index (χ3n) is 7.17. The van der Waals surface area contributed by atoms with Crippen LogP contribution in [0.2, 0.25) is 0 Å². The van der Waals surface area contributed by atoms with Crippen LogP contribution >= 0.6 is 0 Å². The fourth-order valence-electron chi connectivity index (χ4n) is 4.99. The van der Waals surface area contributed by atoms with E-state index in [0.29, 0.717) is 11.1 Å². The molecule has 3 N–H and O–H groups in total. The van der Waals surface area contributed by atoms with Gasteiger partial charge in [-0.1, -0.05) is 24.3 Å². The predicted molar refractivity (Wildman–Crippen MR) is 151 cm³/mol. The summed E-state index contributed by atoms with van der Waals surface area (Å²) in [6.07, 6.45) is 0.0987. The van der Waals surface area contributed by atoms with Gasteiger partial charge in [-0.15, -0.1) is 0 Å². The quantitative estimate of drug-likeness (QED) is 0.219. The normalized spacial score (nSPS) is 14.9. The molecule has 1 aliphatic carbocycles. The van der Waals surface area contributed by atoms with E-state index in [-0.39, 0.29) is 48.2 Å². The zero-order valence-electron chi connectivity index (χ0n) is 22.9. The maximum absolute atomic E-state index is 14.9. The summed E-state index contributed by atoms with van der Waals surface area (Å²) in [6, 6.07) is 13.3. The molecule has 1 atom stereocenters. The van der Waals surface area contributed by atoms with Crippen molar-refractivity contribution in [3.8, 4) is 11.5 Å². The van der Waals surface area contributed by atoms with Crippen LogP contribution in [0.15, 0.2) is 60.7 Å². The van der Waals surface area contributed by atoms with Gasteiger partial charge in [-0.3, -0.25) is 9.52 Å². The van der Waals surface area contributed by atoms with Crippen LogP contribution in [0.25, 0.3) is 0 Å². The highest BCUT2D eigenvalue weighted by Crippen LogP contribution is 2.36. The number of aromatic hydroxyl groups is 1. The molecule has 226 valence electrons. The lowest BCUT2D eigenvalue weighted by Gasteiger charge is -2.22. The average Bonchev–Trinajstić information content (AvgIpc) is 3.42. The first kappa shape index (κ1) is 31.1. The topological polar surface area (TPSA) is 105 Å². The van der Waals surface area contributed by atoms with Crippen molar-refractivity contribution in [2.45, 2.75) is 56.7 Å². The molecule has 0 spiro atoms. The van der Waals surface area contributed by atoms with Gasteiger partial charge in [0.25, 0.3) is 5.91 Å². The monoisotopic (exact) mass is 608 g/mol. The van der Waals surface area contributed by atoms with Gasteiger partial charge in [0, 0.05) is 12.5 Å². The number of carbonyl (C=O) groups excluding carboxylic acids is 1. The first-order valence-electron chi connectivity index (χ1n) is 13.5. The molecule has 0 aromatic heterocycles. The van der Waals surface area contributed by atoms with Crippen molar-refractivity contribution in [3.05, 3.63) is 88.7 Å². The zero-order valence-corrected chi connectivity index (χ0v) is 23.7. The molecule has 3 aromatic carbocycles. The Hall–Kier alpha value is -3.80. The van der Waals surface area contributed by atoms with Gasteiger partial charge < -0.3 is 15.2 Å². The first-order valence-corrected chi connectivity index (χ1v) is 15.4. The van der Waals surface area contributed by atoms with Gasteiger partial charge in [0.05, 0.1) is 29.2 Å². The number of phenolic OH excluding ortho intramolecular Hbond substituents is 1. The highest BCUT2D eigenvalue weighted by molar-refractivity contribution is 7.92. The van der Waals surface area contributed by atoms with Crippen LogP contribution < -0.4 is 14.8 Å². The molecule has 0 heterocycles. The van der Waals surface area contributed by atoms with Crippen molar-refractivity contribution in [2.24, 2.45) is 0 Å². The first-order chi connectivity index (χ1) is 19.8. The second-order valence-corrected chi connectivity index (χ2v) is 12.2. The number of alkyl halides is 3. The summed E-state index contributed by atoms with van der Waals surface area (Å²) in [5.74, 6) is -1.98. The fourth-order valence-corrected chi connectivity index (χ4v) is 5.56. The molecule has 42 heavy (non-hydrogen) atoms. The summed E-state index contributed by atoms with van der Waals surface area (Å²) in [5.41, 5.74) is -0.0304. The van der Waals surface area contributed by atoms with Gasteiger partial charge in [0.15, 0.2) is 0 Å². The molecule has 1 amide bonds. The molecule has 0 radical (unpaired) electrons. The summed E-state index contributed by atoms with van der Waals surface area (Å²) >= 11 is 0. The maximum atomic E-state index is 14.9. The lowest BCUT2D eigenvalue weighted by molar-refractivity contribution is -0.137. The third kappa shape index (κ3) is 8.37. The molecule has 0 saturated heterocycles. The van der Waals surface area contributed by atoms with Crippen LogP contribution in [0.1, 0.15) is 65.1 Å². The molecule has 12 heteroatoms. The Morgan fingerprint density at radius 1 is 1.07 bits per heavy atom. The van der Waals surface area contributed by atoms with Gasteiger partial charge in [0.2, 0.25) is 10.0 Å². The molecular formula is C30H32F4N2O5S. The summed E-state index contributed by atoms with van der Waals surface area (Å²) in [4.78, 5) is 12.8. The van der Waals surface area contributed by atoms with Gasteiger partial charge in [0.1, 0.15) is 17.3 Å². The van der Waals surface area contributed by atoms with E-state index in [9.17, 15) is 35.9 Å². The number of amides is 1. The van der Waals surface area contributed by atoms with Crippen LogP contribution in [-0.2, 0) is 22.6 Å². The highest BCUT2D eigenvalue weighted by atomic mass is 32.2. The Morgan fingerprint density at radius 3 is 2.43 bits per heavy atom. The van der Waals surface area contributed by atoms with Crippen LogP contribution in [0.5, 0.6) is 11.5 Å². The minimum absolute atomic E-state index is 0.00487. The molecule has 1 fully saturated rings. The Morgan fingerprint density at radius 2 is 1.79 bits per heavy atom. The van der Waals surface area contributed by atoms with Crippen molar-refractivity contribution >= 4 is 21.6 Å². The largest absolute Gasteiger partial charge is 0.507 e. The highest BCUT2D eigenvalue weighted by Gasteiger charge is 2.32. The number of ether oxygens (including phenoxy) is 1. The number of aryl methyl sites for hydroxylation is 1. The number of phenols is 1. The van der Waals surface area contributed by atoms with Crippen molar-refractivity contribution in [1.82, 2.24) is 5.32 Å². The Bertz CT molecular complexity index is 1520. The van der Waals surface area contributed by atoms with Crippen LogP contribution in [0.3, 0.4) is 0 Å². The van der Waals surface area contributed by atoms with E-state index in [1.54, 1.807) is 12.1 Å². The molecular weight excluding hydrogens is 576 g/mol. The number of halogens is 4. The van der Waals surface area contributed by atoms with E-state index >= 15 is 0 Å². The zero-order chi connectivity index (χ0) is 30.5. The molecule has 0 aliphatic heterocycles. The summed E-state index contributed by atoms with van der Waals surface area (Å²) in [6.45, 7) is 0.00487. The number of hydrogen-bond donors (Lipinski definition) is 3. The number of anilines is 1. The van der Waals surface area contributed by atoms with Crippen molar-refractivity contribution in [3.63, 3.8) is 0 Å². The molecule has 7 nitrogen and oxygen atoms in total. The van der Waals surface area contributed by atoms with E-state index in [2.05, 4.69) is 10.0 Å². The van der Waals surface area contributed by atoms with Gasteiger partial charge in [-0.2, -0.15) is 13.2 Å². The number of benzene rings is 3. The Kier molecular flexibility index (Phi) is 9.65. The predicted octanol–water partition coefficient (Wildman–Crippen LogP) is 6.39. The van der Waals surface area contributed by atoms with Crippen molar-refractivity contribution in [2.75, 3.05) is 17.5 Å². The third-order valence-corrected chi connectivity index (χ3v) is 7.76. The van der Waals surface area contributed by atoms with Crippen molar-refractivity contribution < 1.29 is 40.6 Å². The van der Waals surface area contributed by atoms with Crippen LogP contribution in [-0.4, -0.2) is 38.3 Å². The van der Waals surface area contributed by atoms with Crippen LogP contribution in [0, 0.1) is 5.82 Å². The SMILES string of the molecule is CS(=O)(=O)Nc1ccc(C(CCc2ccc(C(F)(F)F)cc2OC2CCCC2)CNC(=O)c2ccccc2O)cc1F. The number of nitrogens with one attached hydrogen (secondary N) is 2. The smallest absolute Gasteiger partial charge is 0.416 e. The number of para-hydroxylation sites is 1. The number of carbonyl (C=O) groups is 1. The number of sulfonamides is 1. The fraction of sp³-hybridized carbons (Fsp3) is 0.367. The molecule has 4 rings (SSSR count). The van der Waals surface area contributed by atoms with Crippen LogP contribution in [0.4, 0.5) is 23.2 Å². The molecule has 1 unspecified atom stereocenters. The molecule has 0 bridgehead atoms. The lowest BCUT2D eigenvalue weighted by atomic mass is 9.91. The van der Waals surface area contributed by atoms with E-state index < -0.39 is 39.4 Å². The number of rotatable bonds is 11. The second kappa shape index (κ2) is 13.0. The van der Waals surface area contributed by atoms with Gasteiger partial charge >= 0.3 is 6.18 Å².